The molecule has 1 N–H and O–H groups in total. The molecule has 1 aromatic heterocycles. The summed E-state index contributed by atoms with van der Waals surface area (Å²) in [5, 5.41) is 2.84. The van der Waals surface area contributed by atoms with Gasteiger partial charge in [0.2, 0.25) is 0 Å². The predicted molar refractivity (Wildman–Crippen MR) is 105 cm³/mol. The fraction of sp³-hybridized carbons (Fsp3) is 0.130. The van der Waals surface area contributed by atoms with Crippen LogP contribution >= 0.6 is 0 Å². The van der Waals surface area contributed by atoms with Gasteiger partial charge in [-0.05, 0) is 47.9 Å². The number of cyclic esters (lactones) is 1. The summed E-state index contributed by atoms with van der Waals surface area (Å²) in [5.74, 6) is 6.88. The Labute approximate surface area is 163 Å². The van der Waals surface area contributed by atoms with Gasteiger partial charge in [0.05, 0.1) is 12.8 Å². The smallest absolute Gasteiger partial charge is 0.408 e. The van der Waals surface area contributed by atoms with Crippen molar-refractivity contribution < 1.29 is 14.3 Å². The van der Waals surface area contributed by atoms with E-state index in [1.807, 2.05) is 72.8 Å². The standard InChI is InChI=1S/C23H18N2O3/c1-27-19-11-5-9-17(15-19)22-21(25-23(26)28-22)20-12-6-10-18(24-20)14-13-16-7-3-2-4-8-16/h2-12,15,21-22H,1H3,(H,25,26)/t21-,22-/m1/s1. The molecule has 1 aliphatic rings. The van der Waals surface area contributed by atoms with Crippen LogP contribution in [0.1, 0.15) is 34.7 Å². The van der Waals surface area contributed by atoms with E-state index in [2.05, 4.69) is 22.1 Å². The lowest BCUT2D eigenvalue weighted by atomic mass is 9.99. The van der Waals surface area contributed by atoms with Gasteiger partial charge in [0, 0.05) is 5.56 Å². The number of aromatic nitrogens is 1. The number of amides is 1. The van der Waals surface area contributed by atoms with Crippen molar-refractivity contribution in [3.8, 4) is 17.6 Å². The molecule has 1 aliphatic heterocycles. The average molecular weight is 370 g/mol. The van der Waals surface area contributed by atoms with Crippen molar-refractivity contribution >= 4 is 6.09 Å². The SMILES string of the molecule is COc1cccc([C@H]2OC(=O)N[C@@H]2c2cccc(C#Cc3ccccc3)n2)c1. The van der Waals surface area contributed by atoms with E-state index in [4.69, 9.17) is 9.47 Å². The topological polar surface area (TPSA) is 60.5 Å². The molecule has 0 bridgehead atoms. The molecule has 0 saturated carbocycles. The second-order valence-electron chi connectivity index (χ2n) is 6.29. The summed E-state index contributed by atoms with van der Waals surface area (Å²) in [7, 11) is 1.60. The van der Waals surface area contributed by atoms with Crippen molar-refractivity contribution in [2.75, 3.05) is 7.11 Å². The van der Waals surface area contributed by atoms with Gasteiger partial charge in [0.1, 0.15) is 17.5 Å². The van der Waals surface area contributed by atoms with Gasteiger partial charge in [0.25, 0.3) is 0 Å². The number of hydrogen-bond donors (Lipinski definition) is 1. The first kappa shape index (κ1) is 17.6. The molecular weight excluding hydrogens is 352 g/mol. The van der Waals surface area contributed by atoms with Crippen molar-refractivity contribution in [1.29, 1.82) is 0 Å². The molecule has 1 saturated heterocycles. The number of hydrogen-bond acceptors (Lipinski definition) is 4. The molecule has 3 aromatic rings. The Morgan fingerprint density at radius 2 is 1.82 bits per heavy atom. The number of carbonyl (C=O) groups excluding carboxylic acids is 1. The molecule has 0 aliphatic carbocycles. The molecule has 1 fully saturated rings. The van der Waals surface area contributed by atoms with E-state index >= 15 is 0 Å². The number of benzene rings is 2. The number of nitrogens with zero attached hydrogens (tertiary/aromatic N) is 1. The molecule has 1 amide bonds. The number of rotatable bonds is 3. The Hall–Kier alpha value is -3.78. The lowest BCUT2D eigenvalue weighted by Crippen LogP contribution is -2.20. The monoisotopic (exact) mass is 370 g/mol. The normalized spacial score (nSPS) is 17.8. The van der Waals surface area contributed by atoms with E-state index in [1.165, 1.54) is 0 Å². The van der Waals surface area contributed by atoms with Crippen LogP contribution in [0.2, 0.25) is 0 Å². The van der Waals surface area contributed by atoms with Gasteiger partial charge in [-0.3, -0.25) is 0 Å². The molecule has 138 valence electrons. The second kappa shape index (κ2) is 7.85. The van der Waals surface area contributed by atoms with E-state index in [0.29, 0.717) is 17.1 Å². The van der Waals surface area contributed by atoms with Crippen molar-refractivity contribution in [1.82, 2.24) is 10.3 Å². The van der Waals surface area contributed by atoms with E-state index in [-0.39, 0.29) is 0 Å². The fourth-order valence-electron chi connectivity index (χ4n) is 3.08. The van der Waals surface area contributed by atoms with Crippen molar-refractivity contribution in [2.24, 2.45) is 0 Å². The van der Waals surface area contributed by atoms with Crippen LogP contribution in [0.3, 0.4) is 0 Å². The number of methoxy groups -OCH3 is 1. The molecule has 5 heteroatoms. The van der Waals surface area contributed by atoms with Gasteiger partial charge in [0.15, 0.2) is 6.10 Å². The molecule has 28 heavy (non-hydrogen) atoms. The maximum absolute atomic E-state index is 11.9. The van der Waals surface area contributed by atoms with Gasteiger partial charge >= 0.3 is 6.09 Å². The maximum Gasteiger partial charge on any atom is 0.408 e. The molecule has 0 unspecified atom stereocenters. The van der Waals surface area contributed by atoms with Crippen LogP contribution in [0.4, 0.5) is 4.79 Å². The van der Waals surface area contributed by atoms with Crippen LogP contribution in [0.25, 0.3) is 0 Å². The second-order valence-corrected chi connectivity index (χ2v) is 6.29. The first-order valence-electron chi connectivity index (χ1n) is 8.88. The van der Waals surface area contributed by atoms with Crippen molar-refractivity contribution in [3.05, 3.63) is 95.3 Å². The average Bonchev–Trinajstić information content (AvgIpc) is 3.15. The summed E-state index contributed by atoms with van der Waals surface area (Å²) in [6.45, 7) is 0. The van der Waals surface area contributed by atoms with Gasteiger partial charge in [-0.15, -0.1) is 0 Å². The summed E-state index contributed by atoms with van der Waals surface area (Å²) >= 11 is 0. The minimum Gasteiger partial charge on any atom is -0.497 e. The third kappa shape index (κ3) is 3.81. The summed E-state index contributed by atoms with van der Waals surface area (Å²) < 4.78 is 10.8. The number of ether oxygens (including phenoxy) is 2. The zero-order valence-corrected chi connectivity index (χ0v) is 15.3. The third-order valence-corrected chi connectivity index (χ3v) is 4.43. The number of carbonyl (C=O) groups is 1. The Bertz CT molecular complexity index is 1050. The van der Waals surface area contributed by atoms with Crippen LogP contribution in [-0.4, -0.2) is 18.2 Å². The lowest BCUT2D eigenvalue weighted by Gasteiger charge is -2.17. The Morgan fingerprint density at radius 3 is 2.64 bits per heavy atom. The highest BCUT2D eigenvalue weighted by atomic mass is 16.6. The minimum atomic E-state index is -0.493. The Balaban J connectivity index is 1.64. The molecule has 2 aromatic carbocycles. The molecule has 2 atom stereocenters. The molecular formula is C23H18N2O3. The first-order valence-corrected chi connectivity index (χ1v) is 8.88. The largest absolute Gasteiger partial charge is 0.497 e. The van der Waals surface area contributed by atoms with E-state index in [0.717, 1.165) is 11.1 Å². The highest BCUT2D eigenvalue weighted by Gasteiger charge is 2.37. The lowest BCUT2D eigenvalue weighted by molar-refractivity contribution is 0.131. The molecule has 0 spiro atoms. The first-order chi connectivity index (χ1) is 13.7. The number of pyridine rings is 1. The van der Waals surface area contributed by atoms with Gasteiger partial charge in [-0.25, -0.2) is 9.78 Å². The van der Waals surface area contributed by atoms with E-state index < -0.39 is 18.2 Å². The molecule has 0 radical (unpaired) electrons. The highest BCUT2D eigenvalue weighted by molar-refractivity contribution is 5.71. The van der Waals surface area contributed by atoms with Gasteiger partial charge < -0.3 is 14.8 Å². The Kier molecular flexibility index (Phi) is 4.94. The third-order valence-electron chi connectivity index (χ3n) is 4.43. The van der Waals surface area contributed by atoms with Crippen molar-refractivity contribution in [2.45, 2.75) is 12.1 Å². The summed E-state index contributed by atoms with van der Waals surface area (Å²) in [6.07, 6.45) is -0.965. The predicted octanol–water partition coefficient (Wildman–Crippen LogP) is 4.01. The maximum atomic E-state index is 11.9. The minimum absolute atomic E-state index is 0.405. The summed E-state index contributed by atoms with van der Waals surface area (Å²) in [4.78, 5) is 16.6. The number of nitrogens with one attached hydrogen (secondary N) is 1. The van der Waals surface area contributed by atoms with Crippen LogP contribution < -0.4 is 10.1 Å². The van der Waals surface area contributed by atoms with Crippen LogP contribution in [0, 0.1) is 11.8 Å². The zero-order chi connectivity index (χ0) is 19.3. The van der Waals surface area contributed by atoms with Gasteiger partial charge in [-0.2, -0.15) is 0 Å². The van der Waals surface area contributed by atoms with Crippen LogP contribution in [0.15, 0.2) is 72.8 Å². The zero-order valence-electron chi connectivity index (χ0n) is 15.3. The summed E-state index contributed by atoms with van der Waals surface area (Å²) in [5.41, 5.74) is 3.08. The van der Waals surface area contributed by atoms with E-state index in [1.54, 1.807) is 7.11 Å². The quantitative estimate of drug-likeness (QED) is 0.708. The van der Waals surface area contributed by atoms with Crippen molar-refractivity contribution in [3.63, 3.8) is 0 Å². The van der Waals surface area contributed by atoms with E-state index in [9.17, 15) is 4.79 Å². The number of alkyl carbamates (subject to hydrolysis) is 1. The van der Waals surface area contributed by atoms with Crippen LogP contribution in [-0.2, 0) is 4.74 Å². The fourth-order valence-corrected chi connectivity index (χ4v) is 3.08. The molecule has 5 nitrogen and oxygen atoms in total. The molecule has 4 rings (SSSR count). The van der Waals surface area contributed by atoms with Gasteiger partial charge in [-0.1, -0.05) is 42.3 Å². The van der Waals surface area contributed by atoms with Crippen LogP contribution in [0.5, 0.6) is 5.75 Å². The summed E-state index contributed by atoms with van der Waals surface area (Å²) in [6, 6.07) is 22.4. The Morgan fingerprint density at radius 1 is 1.00 bits per heavy atom. The highest BCUT2D eigenvalue weighted by Crippen LogP contribution is 2.36. The molecule has 2 heterocycles.